The lowest BCUT2D eigenvalue weighted by molar-refractivity contribution is 0.178. The number of thioether (sulfide) groups is 1. The molecule has 110 valence electrons. The molecule has 1 heterocycles. The predicted molar refractivity (Wildman–Crippen MR) is 84.8 cm³/mol. The monoisotopic (exact) mass is 282 g/mol. The molecule has 0 amide bonds. The molecule has 5 atom stereocenters. The Morgan fingerprint density at radius 2 is 2.21 bits per heavy atom. The maximum Gasteiger partial charge on any atom is 0.0337 e. The zero-order valence-corrected chi connectivity index (χ0v) is 13.4. The van der Waals surface area contributed by atoms with Gasteiger partial charge in [-0.25, -0.2) is 0 Å². The minimum atomic E-state index is 0.729. The van der Waals surface area contributed by atoms with E-state index in [4.69, 9.17) is 0 Å². The summed E-state index contributed by atoms with van der Waals surface area (Å²) in [6, 6.07) is 1.49. The first-order valence-corrected chi connectivity index (χ1v) is 9.44. The third kappa shape index (κ3) is 3.14. The standard InChI is InChI=1S/C16H30N2S/c1-3-17-15(16-11-19-7-6-18(16)2)10-14-9-12-4-5-13(14)8-12/h12-17H,3-11H2,1-2H3. The van der Waals surface area contributed by atoms with Gasteiger partial charge >= 0.3 is 0 Å². The molecular formula is C16H30N2S. The largest absolute Gasteiger partial charge is 0.313 e. The van der Waals surface area contributed by atoms with Crippen molar-refractivity contribution in [2.24, 2.45) is 17.8 Å². The SMILES string of the molecule is CCNC(CC1CC2CCC1C2)C1CSCCN1C. The molecule has 19 heavy (non-hydrogen) atoms. The normalized spacial score (nSPS) is 40.7. The van der Waals surface area contributed by atoms with Gasteiger partial charge in [0.2, 0.25) is 0 Å². The van der Waals surface area contributed by atoms with Gasteiger partial charge < -0.3 is 10.2 Å². The van der Waals surface area contributed by atoms with Crippen molar-refractivity contribution in [3.8, 4) is 0 Å². The summed E-state index contributed by atoms with van der Waals surface area (Å²) in [5, 5.41) is 3.81. The van der Waals surface area contributed by atoms with E-state index < -0.39 is 0 Å². The van der Waals surface area contributed by atoms with E-state index in [1.54, 1.807) is 6.42 Å². The lowest BCUT2D eigenvalue weighted by atomic mass is 9.82. The van der Waals surface area contributed by atoms with Gasteiger partial charge in [0.25, 0.3) is 0 Å². The molecule has 1 saturated heterocycles. The molecule has 2 aliphatic carbocycles. The van der Waals surface area contributed by atoms with Crippen molar-refractivity contribution in [1.29, 1.82) is 0 Å². The van der Waals surface area contributed by atoms with E-state index in [-0.39, 0.29) is 0 Å². The van der Waals surface area contributed by atoms with Crippen molar-refractivity contribution in [3.63, 3.8) is 0 Å². The molecule has 0 aromatic carbocycles. The number of nitrogens with one attached hydrogen (secondary N) is 1. The van der Waals surface area contributed by atoms with Crippen LogP contribution in [0.2, 0.25) is 0 Å². The Hall–Kier alpha value is 0.270. The molecule has 0 aromatic heterocycles. The molecule has 0 spiro atoms. The molecule has 3 rings (SSSR count). The molecule has 1 N–H and O–H groups in total. The molecule has 2 saturated carbocycles. The van der Waals surface area contributed by atoms with Crippen LogP contribution in [0.25, 0.3) is 0 Å². The average molecular weight is 282 g/mol. The van der Waals surface area contributed by atoms with Gasteiger partial charge in [-0.05, 0) is 57.0 Å². The van der Waals surface area contributed by atoms with Crippen LogP contribution in [-0.4, -0.2) is 48.6 Å². The summed E-state index contributed by atoms with van der Waals surface area (Å²) in [5.41, 5.74) is 0. The van der Waals surface area contributed by atoms with E-state index >= 15 is 0 Å². The zero-order valence-electron chi connectivity index (χ0n) is 12.6. The van der Waals surface area contributed by atoms with Crippen molar-refractivity contribution in [2.75, 3.05) is 31.6 Å². The zero-order chi connectivity index (χ0) is 13.2. The Morgan fingerprint density at radius 1 is 1.32 bits per heavy atom. The molecule has 5 unspecified atom stereocenters. The average Bonchev–Trinajstić information content (AvgIpc) is 3.01. The summed E-state index contributed by atoms with van der Waals surface area (Å²) >= 11 is 2.15. The maximum atomic E-state index is 3.81. The van der Waals surface area contributed by atoms with Crippen LogP contribution in [0, 0.1) is 17.8 Å². The molecular weight excluding hydrogens is 252 g/mol. The van der Waals surface area contributed by atoms with E-state index in [1.165, 1.54) is 43.7 Å². The number of fused-ring (bicyclic) bond motifs is 2. The highest BCUT2D eigenvalue weighted by Gasteiger charge is 2.41. The number of hydrogen-bond donors (Lipinski definition) is 1. The fourth-order valence-electron chi connectivity index (χ4n) is 4.76. The van der Waals surface area contributed by atoms with Gasteiger partial charge in [-0.3, -0.25) is 0 Å². The molecule has 2 bridgehead atoms. The summed E-state index contributed by atoms with van der Waals surface area (Å²) in [5.74, 6) is 5.85. The number of likely N-dealkylation sites (N-methyl/N-ethyl adjacent to an activating group) is 2. The van der Waals surface area contributed by atoms with Crippen molar-refractivity contribution in [3.05, 3.63) is 0 Å². The van der Waals surface area contributed by atoms with E-state index in [1.807, 2.05) is 0 Å². The van der Waals surface area contributed by atoms with Crippen molar-refractivity contribution < 1.29 is 0 Å². The number of hydrogen-bond acceptors (Lipinski definition) is 3. The smallest absolute Gasteiger partial charge is 0.0337 e. The summed E-state index contributed by atoms with van der Waals surface area (Å²) in [6.45, 7) is 4.66. The van der Waals surface area contributed by atoms with Gasteiger partial charge in [0.15, 0.2) is 0 Å². The van der Waals surface area contributed by atoms with Crippen LogP contribution in [0.4, 0.5) is 0 Å². The second-order valence-corrected chi connectivity index (χ2v) is 8.11. The van der Waals surface area contributed by atoms with E-state index in [2.05, 4.69) is 35.9 Å². The third-order valence-electron chi connectivity index (χ3n) is 5.82. The van der Waals surface area contributed by atoms with Gasteiger partial charge in [0, 0.05) is 30.1 Å². The molecule has 1 aliphatic heterocycles. The fraction of sp³-hybridized carbons (Fsp3) is 1.00. The topological polar surface area (TPSA) is 15.3 Å². The van der Waals surface area contributed by atoms with Crippen LogP contribution in [-0.2, 0) is 0 Å². The highest BCUT2D eigenvalue weighted by Crippen LogP contribution is 2.50. The van der Waals surface area contributed by atoms with Gasteiger partial charge in [-0.2, -0.15) is 11.8 Å². The first kappa shape index (κ1) is 14.2. The van der Waals surface area contributed by atoms with E-state index in [0.717, 1.165) is 36.4 Å². The second kappa shape index (κ2) is 6.36. The molecule has 0 aromatic rings. The minimum Gasteiger partial charge on any atom is -0.313 e. The highest BCUT2D eigenvalue weighted by molar-refractivity contribution is 7.99. The fourth-order valence-corrected chi connectivity index (χ4v) is 6.07. The first-order chi connectivity index (χ1) is 9.28. The minimum absolute atomic E-state index is 0.729. The van der Waals surface area contributed by atoms with Crippen molar-refractivity contribution in [2.45, 2.75) is 51.1 Å². The Bertz CT molecular complexity index is 296. The molecule has 3 aliphatic rings. The van der Waals surface area contributed by atoms with E-state index in [0.29, 0.717) is 0 Å². The summed E-state index contributed by atoms with van der Waals surface area (Å²) in [4.78, 5) is 2.61. The number of nitrogens with zero attached hydrogens (tertiary/aromatic N) is 1. The van der Waals surface area contributed by atoms with Crippen LogP contribution in [0.15, 0.2) is 0 Å². The summed E-state index contributed by atoms with van der Waals surface area (Å²) in [6.07, 6.45) is 7.59. The van der Waals surface area contributed by atoms with Gasteiger partial charge in [-0.1, -0.05) is 13.3 Å². The Labute approximate surface area is 123 Å². The lowest BCUT2D eigenvalue weighted by Crippen LogP contribution is -2.53. The Balaban J connectivity index is 1.60. The van der Waals surface area contributed by atoms with Gasteiger partial charge in [0.1, 0.15) is 0 Å². The molecule has 0 radical (unpaired) electrons. The first-order valence-electron chi connectivity index (χ1n) is 8.29. The van der Waals surface area contributed by atoms with Crippen LogP contribution in [0.3, 0.4) is 0 Å². The summed E-state index contributed by atoms with van der Waals surface area (Å²) < 4.78 is 0. The van der Waals surface area contributed by atoms with Crippen LogP contribution in [0.5, 0.6) is 0 Å². The van der Waals surface area contributed by atoms with Crippen LogP contribution in [0.1, 0.15) is 39.0 Å². The van der Waals surface area contributed by atoms with Gasteiger partial charge in [0.05, 0.1) is 0 Å². The van der Waals surface area contributed by atoms with Crippen molar-refractivity contribution in [1.82, 2.24) is 10.2 Å². The molecule has 2 nitrogen and oxygen atoms in total. The number of rotatable bonds is 5. The Morgan fingerprint density at radius 3 is 2.84 bits per heavy atom. The lowest BCUT2D eigenvalue weighted by Gasteiger charge is -2.40. The predicted octanol–water partition coefficient (Wildman–Crippen LogP) is 2.84. The Kier molecular flexibility index (Phi) is 4.76. The quantitative estimate of drug-likeness (QED) is 0.835. The van der Waals surface area contributed by atoms with E-state index in [9.17, 15) is 0 Å². The maximum absolute atomic E-state index is 3.81. The molecule has 3 heteroatoms. The third-order valence-corrected chi connectivity index (χ3v) is 6.86. The van der Waals surface area contributed by atoms with Crippen molar-refractivity contribution >= 4 is 11.8 Å². The van der Waals surface area contributed by atoms with Crippen LogP contribution >= 0.6 is 11.8 Å². The highest BCUT2D eigenvalue weighted by atomic mass is 32.2. The molecule has 3 fully saturated rings. The van der Waals surface area contributed by atoms with Crippen LogP contribution < -0.4 is 5.32 Å². The second-order valence-electron chi connectivity index (χ2n) is 6.96. The summed E-state index contributed by atoms with van der Waals surface area (Å²) in [7, 11) is 2.33. The van der Waals surface area contributed by atoms with Gasteiger partial charge in [-0.15, -0.1) is 0 Å².